The van der Waals surface area contributed by atoms with Gasteiger partial charge in [0, 0.05) is 45.6 Å². The predicted octanol–water partition coefficient (Wildman–Crippen LogP) is 5.87. The Balaban J connectivity index is 0.959. The number of alkyl carbamates (subject to hydrolysis) is 1. The Bertz CT molecular complexity index is 903. The third kappa shape index (κ3) is 9.32. The number of hydrogen-bond donors (Lipinski definition) is 1. The minimum absolute atomic E-state index is 0.165. The van der Waals surface area contributed by atoms with Gasteiger partial charge in [-0.05, 0) is 55.9 Å². The molecule has 0 atom stereocenters. The Morgan fingerprint density at radius 1 is 0.795 bits per heavy atom. The molecule has 9 nitrogen and oxygen atoms in total. The molecule has 2 aliphatic heterocycles. The molecular formula is C30H45N3O6. The number of unbranched alkanes of at least 4 members (excludes halogenated alkanes) is 3. The van der Waals surface area contributed by atoms with Gasteiger partial charge in [0.05, 0.1) is 6.61 Å². The van der Waals surface area contributed by atoms with Crippen molar-refractivity contribution in [1.82, 2.24) is 15.1 Å². The van der Waals surface area contributed by atoms with Gasteiger partial charge in [-0.15, -0.1) is 0 Å². The molecule has 1 saturated carbocycles. The van der Waals surface area contributed by atoms with Crippen molar-refractivity contribution in [2.24, 2.45) is 5.41 Å². The second-order valence-electron chi connectivity index (χ2n) is 11.3. The molecule has 0 aromatic heterocycles. The van der Waals surface area contributed by atoms with Crippen LogP contribution in [0.25, 0.3) is 0 Å². The molecular weight excluding hydrogens is 498 g/mol. The van der Waals surface area contributed by atoms with Gasteiger partial charge in [-0.25, -0.2) is 14.4 Å². The van der Waals surface area contributed by atoms with Crippen molar-refractivity contribution in [2.75, 3.05) is 39.3 Å². The van der Waals surface area contributed by atoms with E-state index < -0.39 is 6.09 Å². The van der Waals surface area contributed by atoms with Crippen molar-refractivity contribution < 1.29 is 28.6 Å². The molecule has 0 radical (unpaired) electrons. The summed E-state index contributed by atoms with van der Waals surface area (Å²) >= 11 is 0. The van der Waals surface area contributed by atoms with Gasteiger partial charge < -0.3 is 29.3 Å². The highest BCUT2D eigenvalue weighted by atomic mass is 16.6. The first-order valence-electron chi connectivity index (χ1n) is 14.8. The summed E-state index contributed by atoms with van der Waals surface area (Å²) in [6, 6.07) is 9.59. The van der Waals surface area contributed by atoms with Crippen LogP contribution >= 0.6 is 0 Å². The molecule has 39 heavy (non-hydrogen) atoms. The van der Waals surface area contributed by atoms with Crippen LogP contribution in [-0.4, -0.2) is 73.5 Å². The smallest absolute Gasteiger partial charge is 0.410 e. The largest absolute Gasteiger partial charge is 0.449 e. The van der Waals surface area contributed by atoms with Gasteiger partial charge >= 0.3 is 18.3 Å². The number of piperidine rings is 2. The third-order valence-electron chi connectivity index (χ3n) is 8.49. The Morgan fingerprint density at radius 2 is 1.44 bits per heavy atom. The van der Waals surface area contributed by atoms with Gasteiger partial charge in [-0.1, -0.05) is 49.6 Å². The summed E-state index contributed by atoms with van der Waals surface area (Å²) in [4.78, 5) is 40.3. The highest BCUT2D eigenvalue weighted by Crippen LogP contribution is 2.46. The van der Waals surface area contributed by atoms with Crippen LogP contribution < -0.4 is 5.32 Å². The first kappa shape index (κ1) is 29.0. The molecule has 1 aromatic carbocycles. The summed E-state index contributed by atoms with van der Waals surface area (Å²) in [6.45, 7) is 3.95. The molecule has 2 saturated heterocycles. The molecule has 3 aliphatic rings. The van der Waals surface area contributed by atoms with Crippen LogP contribution in [-0.2, 0) is 20.8 Å². The SMILES string of the molecule is O=C(NCCCCCCOC(=O)N1CCC2(CCCC2)CC1)OC1CCN(C(=O)OCc2ccccc2)CC1. The first-order valence-corrected chi connectivity index (χ1v) is 14.8. The second-order valence-corrected chi connectivity index (χ2v) is 11.3. The number of hydrogen-bond acceptors (Lipinski definition) is 6. The standard InChI is InChI=1S/C30H45N3O6/c34-27(39-26-12-19-32(20-13-26)29(36)38-24-25-10-4-3-5-11-25)31-18-8-1-2-9-23-37-28(35)33-21-16-30(17-22-33)14-6-7-15-30/h3-5,10-11,26H,1-2,6-9,12-24H2,(H,31,34). The first-order chi connectivity index (χ1) is 19.0. The van der Waals surface area contributed by atoms with E-state index in [-0.39, 0.29) is 24.9 Å². The number of likely N-dealkylation sites (tertiary alicyclic amines) is 2. The average molecular weight is 544 g/mol. The molecule has 216 valence electrons. The summed E-state index contributed by atoms with van der Waals surface area (Å²) in [6.07, 6.45) is 11.3. The average Bonchev–Trinajstić information content (AvgIpc) is 3.42. The van der Waals surface area contributed by atoms with E-state index >= 15 is 0 Å². The Morgan fingerprint density at radius 3 is 2.15 bits per heavy atom. The number of carbonyl (C=O) groups excluding carboxylic acids is 3. The fourth-order valence-electron chi connectivity index (χ4n) is 5.97. The maximum atomic E-state index is 12.3. The highest BCUT2D eigenvalue weighted by molar-refractivity contribution is 5.68. The third-order valence-corrected chi connectivity index (χ3v) is 8.49. The second kappa shape index (κ2) is 15.0. The van der Waals surface area contributed by atoms with E-state index in [1.165, 1.54) is 25.7 Å². The Labute approximate surface area is 232 Å². The van der Waals surface area contributed by atoms with Gasteiger partial charge in [-0.3, -0.25) is 0 Å². The number of carbonyl (C=O) groups is 3. The number of amides is 3. The quantitative estimate of drug-likeness (QED) is 0.293. The zero-order valence-electron chi connectivity index (χ0n) is 23.2. The van der Waals surface area contributed by atoms with E-state index in [0.717, 1.165) is 57.2 Å². The maximum absolute atomic E-state index is 12.3. The van der Waals surface area contributed by atoms with Crippen LogP contribution in [0.1, 0.15) is 82.6 Å². The van der Waals surface area contributed by atoms with Crippen molar-refractivity contribution in [3.8, 4) is 0 Å². The number of rotatable bonds is 10. The molecule has 2 heterocycles. The van der Waals surface area contributed by atoms with Gasteiger partial charge in [0.15, 0.2) is 0 Å². The van der Waals surface area contributed by atoms with E-state index in [2.05, 4.69) is 5.32 Å². The molecule has 9 heteroatoms. The maximum Gasteiger partial charge on any atom is 0.410 e. The summed E-state index contributed by atoms with van der Waals surface area (Å²) in [5.74, 6) is 0. The van der Waals surface area contributed by atoms with Gasteiger partial charge in [0.1, 0.15) is 12.7 Å². The van der Waals surface area contributed by atoms with Crippen LogP contribution in [0.2, 0.25) is 0 Å². The molecule has 1 spiro atoms. The van der Waals surface area contributed by atoms with Crippen LogP contribution in [0, 0.1) is 5.41 Å². The molecule has 4 rings (SSSR count). The molecule has 3 fully saturated rings. The zero-order chi connectivity index (χ0) is 27.3. The van der Waals surface area contributed by atoms with Crippen LogP contribution in [0.5, 0.6) is 0 Å². The van der Waals surface area contributed by atoms with Crippen molar-refractivity contribution in [3.05, 3.63) is 35.9 Å². The van der Waals surface area contributed by atoms with Gasteiger partial charge in [-0.2, -0.15) is 0 Å². The molecule has 1 aliphatic carbocycles. The molecule has 0 unspecified atom stereocenters. The Hall–Kier alpha value is -2.97. The molecule has 3 amide bonds. The lowest BCUT2D eigenvalue weighted by molar-refractivity contribution is 0.0402. The fourth-order valence-corrected chi connectivity index (χ4v) is 5.97. The number of nitrogens with zero attached hydrogens (tertiary/aromatic N) is 2. The van der Waals surface area contributed by atoms with E-state index in [1.54, 1.807) is 4.90 Å². The van der Waals surface area contributed by atoms with Crippen molar-refractivity contribution in [2.45, 2.75) is 89.8 Å². The van der Waals surface area contributed by atoms with Crippen LogP contribution in [0.4, 0.5) is 14.4 Å². The van der Waals surface area contributed by atoms with Crippen molar-refractivity contribution >= 4 is 18.3 Å². The van der Waals surface area contributed by atoms with E-state index in [1.807, 2.05) is 35.2 Å². The number of nitrogens with one attached hydrogen (secondary N) is 1. The monoisotopic (exact) mass is 543 g/mol. The predicted molar refractivity (Wildman–Crippen MR) is 147 cm³/mol. The lowest BCUT2D eigenvalue weighted by Crippen LogP contribution is -2.42. The zero-order valence-corrected chi connectivity index (χ0v) is 23.2. The lowest BCUT2D eigenvalue weighted by atomic mass is 9.77. The summed E-state index contributed by atoms with van der Waals surface area (Å²) < 4.78 is 16.4. The lowest BCUT2D eigenvalue weighted by Gasteiger charge is -2.38. The van der Waals surface area contributed by atoms with Crippen LogP contribution in [0.3, 0.4) is 0 Å². The Kier molecular flexibility index (Phi) is 11.2. The minimum atomic E-state index is -0.407. The van der Waals surface area contributed by atoms with Crippen molar-refractivity contribution in [3.63, 3.8) is 0 Å². The van der Waals surface area contributed by atoms with Crippen LogP contribution in [0.15, 0.2) is 30.3 Å². The van der Waals surface area contributed by atoms with E-state index in [4.69, 9.17) is 14.2 Å². The van der Waals surface area contributed by atoms with Crippen molar-refractivity contribution in [1.29, 1.82) is 0 Å². The molecule has 1 aromatic rings. The van der Waals surface area contributed by atoms with E-state index in [9.17, 15) is 14.4 Å². The molecule has 1 N–H and O–H groups in total. The normalized spacial score (nSPS) is 19.1. The van der Waals surface area contributed by atoms with Gasteiger partial charge in [0.2, 0.25) is 0 Å². The fraction of sp³-hybridized carbons (Fsp3) is 0.700. The van der Waals surface area contributed by atoms with Gasteiger partial charge in [0.25, 0.3) is 0 Å². The topological polar surface area (TPSA) is 97.4 Å². The van der Waals surface area contributed by atoms with E-state index in [0.29, 0.717) is 44.5 Å². The molecule has 0 bridgehead atoms. The highest BCUT2D eigenvalue weighted by Gasteiger charge is 2.38. The number of benzene rings is 1. The number of ether oxygens (including phenoxy) is 3. The summed E-state index contributed by atoms with van der Waals surface area (Å²) in [7, 11) is 0. The summed E-state index contributed by atoms with van der Waals surface area (Å²) in [5.41, 5.74) is 1.46. The minimum Gasteiger partial charge on any atom is -0.449 e. The summed E-state index contributed by atoms with van der Waals surface area (Å²) in [5, 5.41) is 2.82.